The molecule has 0 aromatic heterocycles. The van der Waals surface area contributed by atoms with Crippen molar-refractivity contribution in [1.29, 1.82) is 0 Å². The molecule has 2 heterocycles. The molecule has 225 valence electrons. The zero-order valence-electron chi connectivity index (χ0n) is 21.5. The molecule has 2 saturated heterocycles. The Morgan fingerprint density at radius 3 is 1.46 bits per heavy atom. The molecule has 1 radical (unpaired) electrons. The van der Waals surface area contributed by atoms with Gasteiger partial charge in [0, 0.05) is 78.4 Å². The monoisotopic (exact) mass is 707 g/mol. The van der Waals surface area contributed by atoms with E-state index >= 15 is 0 Å². The van der Waals surface area contributed by atoms with Crippen LogP contribution in [0.3, 0.4) is 0 Å². The number of hydroxylamine groups is 2. The summed E-state index contributed by atoms with van der Waals surface area (Å²) in [6.07, 6.45) is -6.30. The average molecular weight is 707 g/mol. The van der Waals surface area contributed by atoms with Gasteiger partial charge in [-0.3, -0.25) is 19.5 Å². The normalized spacial score (nSPS) is 29.1. The number of carbonyl (C=O) groups is 3. The van der Waals surface area contributed by atoms with E-state index in [2.05, 4.69) is 0 Å². The SMILES string of the molecule is O=C([O-])CN1CCN(CC(=O)[O-])CCN(OCC[C@H]2O[C@@H](CO)[C@@H](O)[C@@H](O)[C@@H]2O)CCN(CC(=O)[O-])CC1.[Gd+3]. The maximum absolute atomic E-state index is 11.2. The van der Waals surface area contributed by atoms with E-state index in [0.717, 1.165) is 0 Å². The van der Waals surface area contributed by atoms with Gasteiger partial charge < -0.3 is 54.9 Å². The topological polar surface area (TPSA) is 233 Å². The van der Waals surface area contributed by atoms with Gasteiger partial charge in [-0.2, -0.15) is 5.06 Å². The molecular weight excluding hydrogens is 670 g/mol. The standard InChI is InChI=1S/C22H40N4O12.Gd/c27-14-16-21(35)22(36)20(34)15(38-16)1-10-37-26-8-6-24(12-18(30)31)4-2-23(11-17(28)29)3-5-25(7-9-26)13-19(32)33;/h15-16,20-22,27,34-36H,1-14H2,(H,28,29)(H,30,31)(H,32,33);/q;+3/p-3/t15-,16+,20-,21-,22+;/m1./s1. The van der Waals surface area contributed by atoms with E-state index in [9.17, 15) is 50.1 Å². The molecule has 0 aliphatic carbocycles. The number of aliphatic hydroxyl groups is 4. The molecule has 2 aliphatic rings. The Morgan fingerprint density at radius 1 is 0.692 bits per heavy atom. The van der Waals surface area contributed by atoms with Crippen LogP contribution in [0.25, 0.3) is 0 Å². The van der Waals surface area contributed by atoms with Crippen molar-refractivity contribution < 1.29 is 99.6 Å². The van der Waals surface area contributed by atoms with Crippen molar-refractivity contribution in [2.24, 2.45) is 0 Å². The molecule has 4 N–H and O–H groups in total. The minimum Gasteiger partial charge on any atom is -0.549 e. The number of hydrogen-bond donors (Lipinski definition) is 4. The Bertz CT molecular complexity index is 735. The Kier molecular flexibility index (Phi) is 17.4. The first kappa shape index (κ1) is 36.4. The Hall–Kier alpha value is -0.665. The maximum atomic E-state index is 11.2. The summed E-state index contributed by atoms with van der Waals surface area (Å²) in [5, 5.41) is 74.5. The first-order valence-corrected chi connectivity index (χ1v) is 12.4. The number of nitrogens with zero attached hydrogens (tertiary/aromatic N) is 4. The molecule has 17 heteroatoms. The van der Waals surface area contributed by atoms with Gasteiger partial charge in [-0.1, -0.05) is 0 Å². The fourth-order valence-electron chi connectivity index (χ4n) is 4.39. The fraction of sp³-hybridized carbons (Fsp3) is 0.864. The molecule has 0 saturated carbocycles. The molecular formula is C22H37GdN4O12. The third-order valence-corrected chi connectivity index (χ3v) is 6.52. The minimum absolute atomic E-state index is 0. The number of aliphatic hydroxyl groups excluding tert-OH is 4. The van der Waals surface area contributed by atoms with E-state index in [1.807, 2.05) is 0 Å². The van der Waals surface area contributed by atoms with E-state index in [0.29, 0.717) is 0 Å². The summed E-state index contributed by atoms with van der Waals surface area (Å²) in [6.45, 7) is -0.183. The summed E-state index contributed by atoms with van der Waals surface area (Å²) in [7, 11) is 0. The van der Waals surface area contributed by atoms with Crippen LogP contribution in [0, 0.1) is 39.9 Å². The van der Waals surface area contributed by atoms with Crippen LogP contribution < -0.4 is 15.3 Å². The van der Waals surface area contributed by atoms with E-state index in [4.69, 9.17) is 9.57 Å². The average Bonchev–Trinajstić information content (AvgIpc) is 2.84. The van der Waals surface area contributed by atoms with Crippen molar-refractivity contribution in [3.05, 3.63) is 0 Å². The third-order valence-electron chi connectivity index (χ3n) is 6.52. The Morgan fingerprint density at radius 2 is 1.08 bits per heavy atom. The van der Waals surface area contributed by atoms with Crippen LogP contribution in [0.4, 0.5) is 0 Å². The van der Waals surface area contributed by atoms with E-state index in [1.165, 1.54) is 9.96 Å². The Labute approximate surface area is 258 Å². The molecule has 0 aromatic carbocycles. The van der Waals surface area contributed by atoms with E-state index in [-0.39, 0.29) is 105 Å². The van der Waals surface area contributed by atoms with Crippen molar-refractivity contribution in [2.75, 3.05) is 85.2 Å². The van der Waals surface area contributed by atoms with Crippen LogP contribution >= 0.6 is 0 Å². The number of carboxylic acid groups (broad SMARTS) is 3. The van der Waals surface area contributed by atoms with Gasteiger partial charge in [-0.25, -0.2) is 0 Å². The molecule has 2 fully saturated rings. The predicted octanol–water partition coefficient (Wildman–Crippen LogP) is -8.38. The van der Waals surface area contributed by atoms with Crippen molar-refractivity contribution in [1.82, 2.24) is 19.8 Å². The second-order valence-electron chi connectivity index (χ2n) is 9.36. The summed E-state index contributed by atoms with van der Waals surface area (Å²) in [6, 6.07) is 0. The maximum Gasteiger partial charge on any atom is 3.00 e. The van der Waals surface area contributed by atoms with Crippen molar-refractivity contribution >= 4 is 17.9 Å². The smallest absolute Gasteiger partial charge is 0.549 e. The summed E-state index contributed by atoms with van der Waals surface area (Å²) in [4.78, 5) is 44.1. The van der Waals surface area contributed by atoms with Crippen LogP contribution in [-0.2, 0) is 24.0 Å². The van der Waals surface area contributed by atoms with Crippen molar-refractivity contribution in [3.63, 3.8) is 0 Å². The van der Waals surface area contributed by atoms with Crippen molar-refractivity contribution in [3.8, 4) is 0 Å². The number of carbonyl (C=O) groups excluding carboxylic acids is 3. The predicted molar refractivity (Wildman–Crippen MR) is 120 cm³/mol. The number of ether oxygens (including phenoxy) is 1. The Balaban J connectivity index is 0.00000760. The quantitative estimate of drug-likeness (QED) is 0.156. The van der Waals surface area contributed by atoms with Crippen LogP contribution in [0.5, 0.6) is 0 Å². The van der Waals surface area contributed by atoms with Gasteiger partial charge in [0.2, 0.25) is 0 Å². The van der Waals surface area contributed by atoms with Crippen LogP contribution in [-0.4, -0.2) is 174 Å². The summed E-state index contributed by atoms with van der Waals surface area (Å²) in [5.74, 6) is -3.92. The number of aliphatic carboxylic acids is 3. The summed E-state index contributed by atoms with van der Waals surface area (Å²) < 4.78 is 5.47. The molecule has 39 heavy (non-hydrogen) atoms. The second kappa shape index (κ2) is 18.7. The molecule has 0 aromatic rings. The van der Waals surface area contributed by atoms with Crippen LogP contribution in [0.1, 0.15) is 6.42 Å². The molecule has 2 rings (SSSR count). The van der Waals surface area contributed by atoms with Gasteiger partial charge in [0.1, 0.15) is 24.4 Å². The first-order chi connectivity index (χ1) is 18.0. The molecule has 5 atom stereocenters. The number of carboxylic acids is 3. The largest absolute Gasteiger partial charge is 3.00 e. The summed E-state index contributed by atoms with van der Waals surface area (Å²) >= 11 is 0. The van der Waals surface area contributed by atoms with Gasteiger partial charge in [-0.15, -0.1) is 0 Å². The van der Waals surface area contributed by atoms with E-state index in [1.54, 1.807) is 9.80 Å². The van der Waals surface area contributed by atoms with Gasteiger partial charge in [-0.05, 0) is 0 Å². The summed E-state index contributed by atoms with van der Waals surface area (Å²) in [5.41, 5.74) is 0. The number of rotatable bonds is 11. The first-order valence-electron chi connectivity index (χ1n) is 12.4. The molecule has 0 amide bonds. The van der Waals surface area contributed by atoms with Gasteiger partial charge in [0.25, 0.3) is 0 Å². The second-order valence-corrected chi connectivity index (χ2v) is 9.36. The molecule has 2 aliphatic heterocycles. The zero-order chi connectivity index (χ0) is 28.2. The molecule has 0 spiro atoms. The van der Waals surface area contributed by atoms with Gasteiger partial charge >= 0.3 is 39.9 Å². The molecule has 16 nitrogen and oxygen atoms in total. The van der Waals surface area contributed by atoms with Crippen LogP contribution in [0.2, 0.25) is 0 Å². The fourth-order valence-corrected chi connectivity index (χ4v) is 4.39. The van der Waals surface area contributed by atoms with Gasteiger partial charge in [0.05, 0.1) is 37.2 Å². The molecule has 0 unspecified atom stereocenters. The zero-order valence-corrected chi connectivity index (χ0v) is 23.8. The van der Waals surface area contributed by atoms with Gasteiger partial charge in [0.15, 0.2) is 0 Å². The van der Waals surface area contributed by atoms with Crippen LogP contribution in [0.15, 0.2) is 0 Å². The third kappa shape index (κ3) is 13.2. The van der Waals surface area contributed by atoms with E-state index < -0.39 is 74.7 Å². The van der Waals surface area contributed by atoms with Crippen molar-refractivity contribution in [2.45, 2.75) is 36.9 Å². The molecule has 0 bridgehead atoms. The number of hydrogen-bond acceptors (Lipinski definition) is 16. The minimum atomic E-state index is -1.51.